The van der Waals surface area contributed by atoms with Crippen LogP contribution in [-0.2, 0) is 9.53 Å². The fraction of sp³-hybridized carbons (Fsp3) is 0.667. The SMILES string of the molecule is COC1(C(=O)NC(=O)O)CC1. The van der Waals surface area contributed by atoms with Crippen molar-refractivity contribution in [3.8, 4) is 0 Å². The van der Waals surface area contributed by atoms with E-state index in [9.17, 15) is 9.59 Å². The van der Waals surface area contributed by atoms with E-state index in [1.54, 1.807) is 5.32 Å². The van der Waals surface area contributed by atoms with E-state index < -0.39 is 17.6 Å². The van der Waals surface area contributed by atoms with Crippen molar-refractivity contribution in [2.24, 2.45) is 0 Å². The van der Waals surface area contributed by atoms with Crippen molar-refractivity contribution in [3.05, 3.63) is 0 Å². The van der Waals surface area contributed by atoms with Gasteiger partial charge in [-0.25, -0.2) is 4.79 Å². The second-order valence-corrected chi connectivity index (χ2v) is 2.46. The third-order valence-electron chi connectivity index (χ3n) is 1.73. The van der Waals surface area contributed by atoms with Gasteiger partial charge in [-0.2, -0.15) is 0 Å². The quantitative estimate of drug-likeness (QED) is 0.592. The van der Waals surface area contributed by atoms with Crippen LogP contribution in [0.5, 0.6) is 0 Å². The number of nitrogens with one attached hydrogen (secondary N) is 1. The van der Waals surface area contributed by atoms with Gasteiger partial charge in [0.25, 0.3) is 5.91 Å². The number of amides is 2. The van der Waals surface area contributed by atoms with Crippen LogP contribution in [0.3, 0.4) is 0 Å². The molecule has 11 heavy (non-hydrogen) atoms. The van der Waals surface area contributed by atoms with Crippen LogP contribution in [0.15, 0.2) is 0 Å². The van der Waals surface area contributed by atoms with Crippen molar-refractivity contribution in [1.82, 2.24) is 5.32 Å². The molecule has 0 radical (unpaired) electrons. The smallest absolute Gasteiger partial charge is 0.411 e. The molecule has 62 valence electrons. The third kappa shape index (κ3) is 1.48. The summed E-state index contributed by atoms with van der Waals surface area (Å²) in [7, 11) is 1.40. The van der Waals surface area contributed by atoms with E-state index in [4.69, 9.17) is 9.84 Å². The lowest BCUT2D eigenvalue weighted by molar-refractivity contribution is -0.132. The van der Waals surface area contributed by atoms with Gasteiger partial charge >= 0.3 is 6.09 Å². The fourth-order valence-corrected chi connectivity index (χ4v) is 0.848. The molecule has 2 amide bonds. The van der Waals surface area contributed by atoms with Crippen LogP contribution in [0, 0.1) is 0 Å². The molecule has 0 unspecified atom stereocenters. The van der Waals surface area contributed by atoms with Gasteiger partial charge in [0.05, 0.1) is 0 Å². The Morgan fingerprint density at radius 1 is 1.55 bits per heavy atom. The number of hydrogen-bond acceptors (Lipinski definition) is 3. The van der Waals surface area contributed by atoms with Crippen LogP contribution in [-0.4, -0.2) is 29.8 Å². The van der Waals surface area contributed by atoms with Gasteiger partial charge in [0.2, 0.25) is 0 Å². The lowest BCUT2D eigenvalue weighted by Crippen LogP contribution is -2.40. The monoisotopic (exact) mass is 159 g/mol. The number of carboxylic acid groups (broad SMARTS) is 1. The molecule has 1 fully saturated rings. The number of hydrogen-bond donors (Lipinski definition) is 2. The predicted octanol–water partition coefficient (Wildman–Crippen LogP) is -0.0404. The molecule has 1 aliphatic rings. The first-order chi connectivity index (χ1) is 5.10. The number of ether oxygens (including phenoxy) is 1. The molecular weight excluding hydrogens is 150 g/mol. The van der Waals surface area contributed by atoms with Crippen LogP contribution < -0.4 is 5.32 Å². The summed E-state index contributed by atoms with van der Waals surface area (Å²) in [5.41, 5.74) is -0.849. The molecule has 0 aromatic heterocycles. The Kier molecular flexibility index (Phi) is 1.82. The number of carbonyl (C=O) groups excluding carboxylic acids is 1. The van der Waals surface area contributed by atoms with Gasteiger partial charge in [-0.05, 0) is 12.8 Å². The van der Waals surface area contributed by atoms with Crippen LogP contribution in [0.2, 0.25) is 0 Å². The topological polar surface area (TPSA) is 75.6 Å². The molecule has 0 aromatic rings. The van der Waals surface area contributed by atoms with Gasteiger partial charge in [0.1, 0.15) is 5.60 Å². The molecule has 5 heteroatoms. The highest BCUT2D eigenvalue weighted by molar-refractivity contribution is 5.97. The molecular formula is C6H9NO4. The van der Waals surface area contributed by atoms with E-state index >= 15 is 0 Å². The minimum absolute atomic E-state index is 0.562. The summed E-state index contributed by atoms with van der Waals surface area (Å²) in [5, 5.41) is 9.93. The maximum Gasteiger partial charge on any atom is 0.411 e. The minimum atomic E-state index is -1.33. The Labute approximate surface area is 63.3 Å². The van der Waals surface area contributed by atoms with Gasteiger partial charge in [-0.1, -0.05) is 0 Å². The Bertz CT molecular complexity index is 197. The van der Waals surface area contributed by atoms with Crippen molar-refractivity contribution in [1.29, 1.82) is 0 Å². The van der Waals surface area contributed by atoms with E-state index in [2.05, 4.69) is 0 Å². The lowest BCUT2D eigenvalue weighted by atomic mass is 10.3. The molecule has 1 saturated carbocycles. The van der Waals surface area contributed by atoms with E-state index in [0.717, 1.165) is 0 Å². The number of rotatable bonds is 2. The van der Waals surface area contributed by atoms with Gasteiger partial charge in [-0.15, -0.1) is 0 Å². The summed E-state index contributed by atoms with van der Waals surface area (Å²) in [4.78, 5) is 21.0. The highest BCUT2D eigenvalue weighted by atomic mass is 16.5. The largest absolute Gasteiger partial charge is 0.465 e. The van der Waals surface area contributed by atoms with Gasteiger partial charge in [0.15, 0.2) is 0 Å². The second-order valence-electron chi connectivity index (χ2n) is 2.46. The molecule has 2 N–H and O–H groups in total. The summed E-state index contributed by atoms with van der Waals surface area (Å²) in [6.07, 6.45) is -0.135. The molecule has 5 nitrogen and oxygen atoms in total. The summed E-state index contributed by atoms with van der Waals surface area (Å²) in [6, 6.07) is 0. The van der Waals surface area contributed by atoms with Crippen LogP contribution in [0.1, 0.15) is 12.8 Å². The Morgan fingerprint density at radius 3 is 2.36 bits per heavy atom. The first-order valence-corrected chi connectivity index (χ1v) is 3.20. The fourth-order valence-electron chi connectivity index (χ4n) is 0.848. The zero-order chi connectivity index (χ0) is 8.48. The highest BCUT2D eigenvalue weighted by Crippen LogP contribution is 2.38. The highest BCUT2D eigenvalue weighted by Gasteiger charge is 2.51. The molecule has 0 bridgehead atoms. The maximum atomic E-state index is 11.0. The van der Waals surface area contributed by atoms with Crippen LogP contribution in [0.25, 0.3) is 0 Å². The molecule has 0 heterocycles. The van der Waals surface area contributed by atoms with Gasteiger partial charge < -0.3 is 9.84 Å². The molecule has 1 aliphatic carbocycles. The van der Waals surface area contributed by atoms with Gasteiger partial charge in [-0.3, -0.25) is 10.1 Å². The molecule has 0 atom stereocenters. The number of methoxy groups -OCH3 is 1. The van der Waals surface area contributed by atoms with Crippen molar-refractivity contribution < 1.29 is 19.4 Å². The predicted molar refractivity (Wildman–Crippen MR) is 35.1 cm³/mol. The standard InChI is InChI=1S/C6H9NO4/c1-11-6(2-3-6)4(8)7-5(9)10/h2-3H2,1H3,(H,7,8)(H,9,10). The van der Waals surface area contributed by atoms with Crippen molar-refractivity contribution in [2.45, 2.75) is 18.4 Å². The molecule has 0 aliphatic heterocycles. The van der Waals surface area contributed by atoms with Gasteiger partial charge in [0, 0.05) is 7.11 Å². The van der Waals surface area contributed by atoms with E-state index in [0.29, 0.717) is 12.8 Å². The van der Waals surface area contributed by atoms with Crippen molar-refractivity contribution >= 4 is 12.0 Å². The lowest BCUT2D eigenvalue weighted by Gasteiger charge is -2.09. The second kappa shape index (κ2) is 2.50. The van der Waals surface area contributed by atoms with Crippen molar-refractivity contribution in [3.63, 3.8) is 0 Å². The zero-order valence-corrected chi connectivity index (χ0v) is 6.09. The Hall–Kier alpha value is -1.10. The van der Waals surface area contributed by atoms with E-state index in [1.807, 2.05) is 0 Å². The first kappa shape index (κ1) is 8.00. The maximum absolute atomic E-state index is 11.0. The van der Waals surface area contributed by atoms with Crippen LogP contribution >= 0.6 is 0 Å². The minimum Gasteiger partial charge on any atom is -0.465 e. The number of imide groups is 1. The number of carbonyl (C=O) groups is 2. The van der Waals surface area contributed by atoms with E-state index in [-0.39, 0.29) is 0 Å². The summed E-state index contributed by atoms with van der Waals surface area (Å²) in [5.74, 6) is -0.562. The van der Waals surface area contributed by atoms with E-state index in [1.165, 1.54) is 7.11 Å². The Morgan fingerprint density at radius 2 is 2.09 bits per heavy atom. The normalized spacial score (nSPS) is 19.0. The average molecular weight is 159 g/mol. The zero-order valence-electron chi connectivity index (χ0n) is 6.09. The Balaban J connectivity index is 2.48. The molecule has 1 rings (SSSR count). The third-order valence-corrected chi connectivity index (χ3v) is 1.73. The molecule has 0 spiro atoms. The van der Waals surface area contributed by atoms with Crippen LogP contribution in [0.4, 0.5) is 4.79 Å². The average Bonchev–Trinajstić information content (AvgIpc) is 2.65. The molecule has 0 saturated heterocycles. The van der Waals surface area contributed by atoms with Crippen molar-refractivity contribution in [2.75, 3.05) is 7.11 Å². The summed E-state index contributed by atoms with van der Waals surface area (Å²) < 4.78 is 4.84. The summed E-state index contributed by atoms with van der Waals surface area (Å²) >= 11 is 0. The first-order valence-electron chi connectivity index (χ1n) is 3.20. The molecule has 0 aromatic carbocycles. The summed E-state index contributed by atoms with van der Waals surface area (Å²) in [6.45, 7) is 0.